The van der Waals surface area contributed by atoms with Crippen LogP contribution in [0.15, 0.2) is 42.5 Å². The predicted octanol–water partition coefficient (Wildman–Crippen LogP) is 6.03. The number of amides is 2. The van der Waals surface area contributed by atoms with E-state index in [-0.39, 0.29) is 30.8 Å². The van der Waals surface area contributed by atoms with Crippen LogP contribution in [0.25, 0.3) is 0 Å². The van der Waals surface area contributed by atoms with Gasteiger partial charge in [0.15, 0.2) is 0 Å². The second-order valence-corrected chi connectivity index (χ2v) is 9.64. The van der Waals surface area contributed by atoms with Crippen molar-refractivity contribution in [2.45, 2.75) is 70.5 Å². The zero-order chi connectivity index (χ0) is 25.2. The summed E-state index contributed by atoms with van der Waals surface area (Å²) in [5.41, 5.74) is 0.756. The number of nitrogens with zero attached hydrogens (tertiary/aromatic N) is 1. The summed E-state index contributed by atoms with van der Waals surface area (Å²) < 4.78 is 10.9. The predicted molar refractivity (Wildman–Crippen MR) is 139 cm³/mol. The SMILES string of the molecule is CC[C@@H](C(=O)NC1CCCC1)N(Cc1ccc(Cl)cc1Cl)C(=O)CCCOc1ccc(OC)cc1. The molecule has 0 aromatic heterocycles. The summed E-state index contributed by atoms with van der Waals surface area (Å²) in [4.78, 5) is 28.2. The first-order chi connectivity index (χ1) is 16.9. The highest BCUT2D eigenvalue weighted by molar-refractivity contribution is 6.35. The van der Waals surface area contributed by atoms with Crippen LogP contribution in [0, 0.1) is 0 Å². The molecule has 1 aliphatic rings. The van der Waals surface area contributed by atoms with Crippen molar-refractivity contribution >= 4 is 35.0 Å². The van der Waals surface area contributed by atoms with Crippen LogP contribution in [0.1, 0.15) is 57.4 Å². The average Bonchev–Trinajstić information content (AvgIpc) is 3.36. The van der Waals surface area contributed by atoms with Gasteiger partial charge in [0.25, 0.3) is 0 Å². The van der Waals surface area contributed by atoms with Crippen LogP contribution >= 0.6 is 23.2 Å². The van der Waals surface area contributed by atoms with E-state index in [0.29, 0.717) is 35.2 Å². The van der Waals surface area contributed by atoms with E-state index >= 15 is 0 Å². The van der Waals surface area contributed by atoms with Crippen molar-refractivity contribution in [3.8, 4) is 11.5 Å². The van der Waals surface area contributed by atoms with Crippen LogP contribution in [-0.4, -0.2) is 42.5 Å². The molecular weight excluding hydrogens is 487 g/mol. The Bertz CT molecular complexity index is 978. The van der Waals surface area contributed by atoms with Gasteiger partial charge in [0.2, 0.25) is 11.8 Å². The molecule has 1 N–H and O–H groups in total. The van der Waals surface area contributed by atoms with Crippen molar-refractivity contribution < 1.29 is 19.1 Å². The van der Waals surface area contributed by atoms with Crippen molar-refractivity contribution in [3.63, 3.8) is 0 Å². The van der Waals surface area contributed by atoms with Crippen LogP contribution in [0.4, 0.5) is 0 Å². The monoisotopic (exact) mass is 520 g/mol. The number of rotatable bonds is 12. The molecule has 190 valence electrons. The normalized spacial score (nSPS) is 14.4. The van der Waals surface area contributed by atoms with Crippen LogP contribution in [0.2, 0.25) is 10.0 Å². The number of nitrogens with one attached hydrogen (secondary N) is 1. The van der Waals surface area contributed by atoms with E-state index in [4.69, 9.17) is 32.7 Å². The minimum atomic E-state index is -0.572. The van der Waals surface area contributed by atoms with Gasteiger partial charge in [0, 0.05) is 29.1 Å². The molecule has 1 fully saturated rings. The fourth-order valence-corrected chi connectivity index (χ4v) is 4.82. The molecule has 0 unspecified atom stereocenters. The molecule has 0 spiro atoms. The molecule has 0 bridgehead atoms. The van der Waals surface area contributed by atoms with Gasteiger partial charge >= 0.3 is 0 Å². The Labute approximate surface area is 217 Å². The van der Waals surface area contributed by atoms with Gasteiger partial charge in [0.1, 0.15) is 17.5 Å². The van der Waals surface area contributed by atoms with Crippen molar-refractivity contribution in [2.24, 2.45) is 0 Å². The Morgan fingerprint density at radius 2 is 1.77 bits per heavy atom. The zero-order valence-electron chi connectivity index (χ0n) is 20.4. The maximum absolute atomic E-state index is 13.4. The van der Waals surface area contributed by atoms with E-state index in [1.807, 2.05) is 31.2 Å². The number of carbonyl (C=O) groups is 2. The molecule has 3 rings (SSSR count). The topological polar surface area (TPSA) is 67.9 Å². The highest BCUT2D eigenvalue weighted by Crippen LogP contribution is 2.25. The first kappa shape index (κ1) is 27.2. The van der Waals surface area contributed by atoms with Crippen LogP contribution < -0.4 is 14.8 Å². The Kier molecular flexibility index (Phi) is 10.5. The first-order valence-electron chi connectivity index (χ1n) is 12.2. The minimum Gasteiger partial charge on any atom is -0.497 e. The molecule has 0 radical (unpaired) electrons. The summed E-state index contributed by atoms with van der Waals surface area (Å²) in [5.74, 6) is 1.26. The highest BCUT2D eigenvalue weighted by atomic mass is 35.5. The van der Waals surface area contributed by atoms with E-state index in [1.165, 1.54) is 0 Å². The summed E-state index contributed by atoms with van der Waals surface area (Å²) in [5, 5.41) is 4.15. The third-order valence-electron chi connectivity index (χ3n) is 6.31. The van der Waals surface area contributed by atoms with Gasteiger partial charge in [-0.25, -0.2) is 0 Å². The third kappa shape index (κ3) is 8.04. The summed E-state index contributed by atoms with van der Waals surface area (Å²) >= 11 is 12.5. The smallest absolute Gasteiger partial charge is 0.243 e. The number of carbonyl (C=O) groups excluding carboxylic acids is 2. The molecule has 1 aliphatic carbocycles. The standard InChI is InChI=1S/C27H34Cl2N2O4/c1-3-25(27(33)30-21-7-4-5-8-21)31(18-19-10-11-20(28)17-24(19)29)26(32)9-6-16-35-23-14-12-22(34-2)13-15-23/h10-15,17,21,25H,3-9,16,18H2,1-2H3,(H,30,33)/t25-/m0/s1. The second-order valence-electron chi connectivity index (χ2n) is 8.80. The molecule has 2 amide bonds. The highest BCUT2D eigenvalue weighted by Gasteiger charge is 2.30. The van der Waals surface area contributed by atoms with Crippen molar-refractivity contribution in [1.29, 1.82) is 0 Å². The lowest BCUT2D eigenvalue weighted by Gasteiger charge is -2.32. The molecule has 0 saturated heterocycles. The van der Waals surface area contributed by atoms with Gasteiger partial charge < -0.3 is 19.7 Å². The number of methoxy groups -OCH3 is 1. The number of ether oxygens (including phenoxy) is 2. The third-order valence-corrected chi connectivity index (χ3v) is 6.89. The fourth-order valence-electron chi connectivity index (χ4n) is 4.35. The maximum Gasteiger partial charge on any atom is 0.243 e. The van der Waals surface area contributed by atoms with Gasteiger partial charge in [-0.15, -0.1) is 0 Å². The summed E-state index contributed by atoms with van der Waals surface area (Å²) in [6.07, 6.45) is 5.52. The molecule has 2 aromatic rings. The zero-order valence-corrected chi connectivity index (χ0v) is 21.9. The molecule has 8 heteroatoms. The van der Waals surface area contributed by atoms with E-state index < -0.39 is 6.04 Å². The van der Waals surface area contributed by atoms with Crippen molar-refractivity contribution in [2.75, 3.05) is 13.7 Å². The van der Waals surface area contributed by atoms with Crippen LogP contribution in [0.3, 0.4) is 0 Å². The Morgan fingerprint density at radius 1 is 1.09 bits per heavy atom. The molecular formula is C27H34Cl2N2O4. The quantitative estimate of drug-likeness (QED) is 0.347. The summed E-state index contributed by atoms with van der Waals surface area (Å²) in [7, 11) is 1.61. The fraction of sp³-hybridized carbons (Fsp3) is 0.481. The van der Waals surface area contributed by atoms with E-state index in [2.05, 4.69) is 5.32 Å². The molecule has 0 aliphatic heterocycles. The molecule has 2 aromatic carbocycles. The lowest BCUT2D eigenvalue weighted by molar-refractivity contribution is -0.141. The van der Waals surface area contributed by atoms with Crippen molar-refractivity contribution in [1.82, 2.24) is 10.2 Å². The molecule has 6 nitrogen and oxygen atoms in total. The van der Waals surface area contributed by atoms with Crippen molar-refractivity contribution in [3.05, 3.63) is 58.1 Å². The second kappa shape index (κ2) is 13.6. The molecule has 35 heavy (non-hydrogen) atoms. The number of hydrogen-bond acceptors (Lipinski definition) is 4. The largest absolute Gasteiger partial charge is 0.497 e. The Morgan fingerprint density at radius 3 is 2.40 bits per heavy atom. The molecule has 0 heterocycles. The lowest BCUT2D eigenvalue weighted by Crippen LogP contribution is -2.51. The maximum atomic E-state index is 13.4. The summed E-state index contributed by atoms with van der Waals surface area (Å²) in [6.45, 7) is 2.55. The first-order valence-corrected chi connectivity index (χ1v) is 13.0. The Balaban J connectivity index is 1.66. The van der Waals surface area contributed by atoms with Gasteiger partial charge in [-0.2, -0.15) is 0 Å². The summed E-state index contributed by atoms with van der Waals surface area (Å²) in [6, 6.07) is 12.1. The number of hydrogen-bond donors (Lipinski definition) is 1. The number of benzene rings is 2. The van der Waals surface area contributed by atoms with Gasteiger partial charge in [-0.05, 0) is 67.6 Å². The average molecular weight is 521 g/mol. The van der Waals surface area contributed by atoms with Crippen LogP contribution in [0.5, 0.6) is 11.5 Å². The minimum absolute atomic E-state index is 0.104. The molecule has 1 atom stereocenters. The van der Waals surface area contributed by atoms with Gasteiger partial charge in [0.05, 0.1) is 13.7 Å². The molecule has 1 saturated carbocycles. The van der Waals surface area contributed by atoms with Gasteiger partial charge in [-0.1, -0.05) is 49.0 Å². The van der Waals surface area contributed by atoms with Crippen LogP contribution in [-0.2, 0) is 16.1 Å². The number of halogens is 2. The van der Waals surface area contributed by atoms with E-state index in [9.17, 15) is 9.59 Å². The Hall–Kier alpha value is -2.44. The van der Waals surface area contributed by atoms with Gasteiger partial charge in [-0.3, -0.25) is 9.59 Å². The van der Waals surface area contributed by atoms with E-state index in [1.54, 1.807) is 30.2 Å². The van der Waals surface area contributed by atoms with E-state index in [0.717, 1.165) is 37.0 Å². The lowest BCUT2D eigenvalue weighted by atomic mass is 10.1.